The summed E-state index contributed by atoms with van der Waals surface area (Å²) < 4.78 is 11.0. The van der Waals surface area contributed by atoms with E-state index in [4.69, 9.17) is 20.9 Å². The molecule has 1 aromatic rings. The first-order valence-corrected chi connectivity index (χ1v) is 5.58. The number of nitrogens with two attached hydrogens (primary N) is 2. The lowest BCUT2D eigenvalue weighted by Gasteiger charge is -2.15. The summed E-state index contributed by atoms with van der Waals surface area (Å²) >= 11 is 0. The monoisotopic (exact) mass is 224 g/mol. The maximum absolute atomic E-state index is 5.86. The fraction of sp³-hybridized carbons (Fsp3) is 0.500. The van der Waals surface area contributed by atoms with E-state index in [1.807, 2.05) is 32.0 Å². The summed E-state index contributed by atoms with van der Waals surface area (Å²) in [6.07, 6.45) is 0. The van der Waals surface area contributed by atoms with Crippen LogP contribution in [0.25, 0.3) is 0 Å². The van der Waals surface area contributed by atoms with Crippen LogP contribution in [0.5, 0.6) is 11.5 Å². The van der Waals surface area contributed by atoms with Gasteiger partial charge in [-0.25, -0.2) is 0 Å². The first-order chi connectivity index (χ1) is 7.72. The molecule has 16 heavy (non-hydrogen) atoms. The molecular formula is C12H20N2O2. The Morgan fingerprint density at radius 3 is 2.31 bits per heavy atom. The predicted molar refractivity (Wildman–Crippen MR) is 64.8 cm³/mol. The van der Waals surface area contributed by atoms with E-state index in [2.05, 4.69) is 0 Å². The van der Waals surface area contributed by atoms with Crippen molar-refractivity contribution in [2.75, 3.05) is 19.8 Å². The minimum atomic E-state index is -0.158. The molecule has 0 amide bonds. The molecule has 4 heteroatoms. The molecule has 0 bridgehead atoms. The molecule has 4 nitrogen and oxygen atoms in total. The Morgan fingerprint density at radius 2 is 1.75 bits per heavy atom. The largest absolute Gasteiger partial charge is 0.490 e. The number of rotatable bonds is 6. The van der Waals surface area contributed by atoms with Crippen molar-refractivity contribution in [3.05, 3.63) is 23.8 Å². The van der Waals surface area contributed by atoms with Crippen LogP contribution >= 0.6 is 0 Å². The minimum Gasteiger partial charge on any atom is -0.490 e. The Labute approximate surface area is 96.5 Å². The standard InChI is InChI=1S/C12H20N2O2/c1-3-15-11-6-5-9(10(14)8-13)7-12(11)16-4-2/h5-7,10H,3-4,8,13-14H2,1-2H3/t10-/m0/s1. The second-order valence-electron chi connectivity index (χ2n) is 3.41. The molecule has 0 spiro atoms. The van der Waals surface area contributed by atoms with Crippen molar-refractivity contribution in [2.45, 2.75) is 19.9 Å². The van der Waals surface area contributed by atoms with Crippen molar-refractivity contribution in [3.8, 4) is 11.5 Å². The molecule has 0 heterocycles. The maximum Gasteiger partial charge on any atom is 0.161 e. The maximum atomic E-state index is 5.86. The van der Waals surface area contributed by atoms with Gasteiger partial charge in [0, 0.05) is 12.6 Å². The highest BCUT2D eigenvalue weighted by Crippen LogP contribution is 2.30. The molecule has 0 radical (unpaired) electrons. The summed E-state index contributed by atoms with van der Waals surface area (Å²) in [7, 11) is 0. The lowest BCUT2D eigenvalue weighted by molar-refractivity contribution is 0.287. The second kappa shape index (κ2) is 6.35. The topological polar surface area (TPSA) is 70.5 Å². The Morgan fingerprint density at radius 1 is 1.12 bits per heavy atom. The SMILES string of the molecule is CCOc1ccc([C@@H](N)CN)cc1OCC. The van der Waals surface area contributed by atoms with Crippen LogP contribution in [0.2, 0.25) is 0 Å². The van der Waals surface area contributed by atoms with E-state index in [0.717, 1.165) is 17.1 Å². The van der Waals surface area contributed by atoms with Crippen molar-refractivity contribution in [1.29, 1.82) is 0 Å². The lowest BCUT2D eigenvalue weighted by Crippen LogP contribution is -2.20. The van der Waals surface area contributed by atoms with Gasteiger partial charge in [0.2, 0.25) is 0 Å². The molecular weight excluding hydrogens is 204 g/mol. The van der Waals surface area contributed by atoms with Crippen molar-refractivity contribution >= 4 is 0 Å². The summed E-state index contributed by atoms with van der Waals surface area (Å²) in [5.74, 6) is 1.48. The third kappa shape index (κ3) is 3.12. The molecule has 0 saturated carbocycles. The Hall–Kier alpha value is -1.26. The van der Waals surface area contributed by atoms with Gasteiger partial charge in [-0.05, 0) is 31.5 Å². The molecule has 0 unspecified atom stereocenters. The van der Waals surface area contributed by atoms with Crippen molar-refractivity contribution in [1.82, 2.24) is 0 Å². The Balaban J connectivity index is 2.96. The van der Waals surface area contributed by atoms with Gasteiger partial charge in [0.1, 0.15) is 0 Å². The van der Waals surface area contributed by atoms with Gasteiger partial charge < -0.3 is 20.9 Å². The summed E-state index contributed by atoms with van der Waals surface area (Å²) in [6, 6.07) is 5.53. The third-order valence-corrected chi connectivity index (χ3v) is 2.25. The molecule has 0 aliphatic carbocycles. The first kappa shape index (κ1) is 12.8. The fourth-order valence-electron chi connectivity index (χ4n) is 1.43. The molecule has 4 N–H and O–H groups in total. The number of hydrogen-bond acceptors (Lipinski definition) is 4. The fourth-order valence-corrected chi connectivity index (χ4v) is 1.43. The summed E-state index contributed by atoms with van der Waals surface area (Å²) in [4.78, 5) is 0. The first-order valence-electron chi connectivity index (χ1n) is 5.58. The quantitative estimate of drug-likeness (QED) is 0.767. The van der Waals surface area contributed by atoms with Crippen molar-refractivity contribution < 1.29 is 9.47 Å². The zero-order valence-electron chi connectivity index (χ0n) is 9.90. The van der Waals surface area contributed by atoms with Crippen molar-refractivity contribution in [3.63, 3.8) is 0 Å². The van der Waals surface area contributed by atoms with E-state index in [1.165, 1.54) is 0 Å². The zero-order valence-corrected chi connectivity index (χ0v) is 9.90. The molecule has 0 aromatic heterocycles. The van der Waals surface area contributed by atoms with Gasteiger partial charge in [0.05, 0.1) is 13.2 Å². The molecule has 0 aliphatic heterocycles. The van der Waals surface area contributed by atoms with Gasteiger partial charge >= 0.3 is 0 Å². The van der Waals surface area contributed by atoms with Crippen LogP contribution in [-0.2, 0) is 0 Å². The minimum absolute atomic E-state index is 0.158. The zero-order chi connectivity index (χ0) is 12.0. The van der Waals surface area contributed by atoms with Crippen LogP contribution in [0, 0.1) is 0 Å². The van der Waals surface area contributed by atoms with E-state index < -0.39 is 0 Å². The highest BCUT2D eigenvalue weighted by atomic mass is 16.5. The van der Waals surface area contributed by atoms with Crippen LogP contribution in [0.3, 0.4) is 0 Å². The smallest absolute Gasteiger partial charge is 0.161 e. The van der Waals surface area contributed by atoms with E-state index >= 15 is 0 Å². The van der Waals surface area contributed by atoms with Crippen LogP contribution < -0.4 is 20.9 Å². The van der Waals surface area contributed by atoms with E-state index in [1.54, 1.807) is 0 Å². The van der Waals surface area contributed by atoms with Gasteiger partial charge in [-0.2, -0.15) is 0 Å². The number of ether oxygens (including phenoxy) is 2. The average Bonchev–Trinajstić information content (AvgIpc) is 2.31. The van der Waals surface area contributed by atoms with E-state index in [-0.39, 0.29) is 6.04 Å². The van der Waals surface area contributed by atoms with Crippen LogP contribution in [0.15, 0.2) is 18.2 Å². The van der Waals surface area contributed by atoms with Crippen molar-refractivity contribution in [2.24, 2.45) is 11.5 Å². The molecule has 90 valence electrons. The molecule has 1 aromatic carbocycles. The number of benzene rings is 1. The molecule has 0 fully saturated rings. The second-order valence-corrected chi connectivity index (χ2v) is 3.41. The average molecular weight is 224 g/mol. The molecule has 1 rings (SSSR count). The molecule has 0 saturated heterocycles. The summed E-state index contributed by atoms with van der Waals surface area (Å²) in [6.45, 7) is 5.50. The van der Waals surface area contributed by atoms with Gasteiger partial charge in [0.25, 0.3) is 0 Å². The van der Waals surface area contributed by atoms with Crippen LogP contribution in [0.1, 0.15) is 25.5 Å². The lowest BCUT2D eigenvalue weighted by atomic mass is 10.1. The van der Waals surface area contributed by atoms with Crippen LogP contribution in [0.4, 0.5) is 0 Å². The summed E-state index contributed by atoms with van der Waals surface area (Å²) in [5, 5.41) is 0. The van der Waals surface area contributed by atoms with E-state index in [0.29, 0.717) is 19.8 Å². The highest BCUT2D eigenvalue weighted by molar-refractivity contribution is 5.44. The predicted octanol–water partition coefficient (Wildman–Crippen LogP) is 1.44. The third-order valence-electron chi connectivity index (χ3n) is 2.25. The molecule has 0 aliphatic rings. The van der Waals surface area contributed by atoms with Gasteiger partial charge in [-0.1, -0.05) is 6.07 Å². The van der Waals surface area contributed by atoms with Gasteiger partial charge in [-0.15, -0.1) is 0 Å². The summed E-state index contributed by atoms with van der Waals surface area (Å²) in [5.41, 5.74) is 12.4. The Bertz CT molecular complexity index is 329. The van der Waals surface area contributed by atoms with Crippen LogP contribution in [-0.4, -0.2) is 19.8 Å². The van der Waals surface area contributed by atoms with E-state index in [9.17, 15) is 0 Å². The Kier molecular flexibility index (Phi) is 5.08. The van der Waals surface area contributed by atoms with Gasteiger partial charge in [0.15, 0.2) is 11.5 Å². The number of hydrogen-bond donors (Lipinski definition) is 2. The normalized spacial score (nSPS) is 12.2. The van der Waals surface area contributed by atoms with Gasteiger partial charge in [-0.3, -0.25) is 0 Å². The highest BCUT2D eigenvalue weighted by Gasteiger charge is 2.09. The molecule has 1 atom stereocenters.